The van der Waals surface area contributed by atoms with Crippen LogP contribution in [0, 0.1) is 17.8 Å². The van der Waals surface area contributed by atoms with Gasteiger partial charge in [0.05, 0.1) is 24.3 Å². The Balaban J connectivity index is 1.58. The van der Waals surface area contributed by atoms with Crippen LogP contribution < -0.4 is 5.32 Å². The molecule has 1 aliphatic carbocycles. The molecule has 9 nitrogen and oxygen atoms in total. The number of nitrogens with zero attached hydrogens (tertiary/aromatic N) is 3. The van der Waals surface area contributed by atoms with Crippen LogP contribution in [0.15, 0.2) is 35.7 Å². The molecular formula is C21H26N4O5. The minimum atomic E-state index is -1.13. The first-order valence-corrected chi connectivity index (χ1v) is 10.3. The van der Waals surface area contributed by atoms with Crippen molar-refractivity contribution < 1.29 is 24.6 Å². The second-order valence-electron chi connectivity index (χ2n) is 8.10. The van der Waals surface area contributed by atoms with Gasteiger partial charge in [0, 0.05) is 24.4 Å². The van der Waals surface area contributed by atoms with Crippen molar-refractivity contribution in [3.05, 3.63) is 35.7 Å². The quantitative estimate of drug-likeness (QED) is 0.477. The molecule has 3 N–H and O–H groups in total. The number of carboxylic acid groups (broad SMARTS) is 1. The summed E-state index contributed by atoms with van der Waals surface area (Å²) >= 11 is 0. The summed E-state index contributed by atoms with van der Waals surface area (Å²) in [6.07, 6.45) is 6.31. The number of aliphatic carboxylic acids is 1. The molecule has 9 heteroatoms. The van der Waals surface area contributed by atoms with E-state index >= 15 is 0 Å². The minimum Gasteiger partial charge on any atom is -0.477 e. The number of aryl methyl sites for hydroxylation is 1. The van der Waals surface area contributed by atoms with Crippen LogP contribution in [-0.2, 0) is 20.9 Å². The number of aromatic nitrogens is 2. The predicted molar refractivity (Wildman–Crippen MR) is 107 cm³/mol. The van der Waals surface area contributed by atoms with Gasteiger partial charge in [-0.25, -0.2) is 9.48 Å². The number of carbonyl (C=O) groups is 3. The first-order chi connectivity index (χ1) is 14.3. The van der Waals surface area contributed by atoms with Crippen molar-refractivity contribution in [2.45, 2.75) is 51.8 Å². The molecule has 2 fully saturated rings. The average Bonchev–Trinajstić information content (AvgIpc) is 3.26. The highest BCUT2D eigenvalue weighted by molar-refractivity contribution is 6.01. The number of rotatable bonds is 6. The van der Waals surface area contributed by atoms with Crippen molar-refractivity contribution >= 4 is 23.6 Å². The molecule has 3 heterocycles. The fourth-order valence-electron chi connectivity index (χ4n) is 5.19. The van der Waals surface area contributed by atoms with Crippen molar-refractivity contribution in [1.82, 2.24) is 14.7 Å². The summed E-state index contributed by atoms with van der Waals surface area (Å²) in [5.41, 5.74) is 0.739. The maximum Gasteiger partial charge on any atom is 0.352 e. The Labute approximate surface area is 174 Å². The van der Waals surface area contributed by atoms with E-state index in [4.69, 9.17) is 0 Å². The predicted octanol–water partition coefficient (Wildman–Crippen LogP) is 1.37. The van der Waals surface area contributed by atoms with Crippen LogP contribution in [0.2, 0.25) is 0 Å². The topological polar surface area (TPSA) is 125 Å². The van der Waals surface area contributed by atoms with E-state index in [0.29, 0.717) is 24.4 Å². The van der Waals surface area contributed by atoms with E-state index in [9.17, 15) is 24.6 Å². The number of hydrogen-bond donors (Lipinski definition) is 3. The van der Waals surface area contributed by atoms with Crippen LogP contribution in [0.4, 0.5) is 5.82 Å². The van der Waals surface area contributed by atoms with Crippen LogP contribution in [0.5, 0.6) is 0 Å². The zero-order valence-corrected chi connectivity index (χ0v) is 17.0. The fraction of sp³-hybridized carbons (Fsp3) is 0.524. The third kappa shape index (κ3) is 3.13. The van der Waals surface area contributed by atoms with E-state index in [-0.39, 0.29) is 35.4 Å². The fourth-order valence-corrected chi connectivity index (χ4v) is 5.19. The van der Waals surface area contributed by atoms with Gasteiger partial charge in [-0.3, -0.25) is 9.59 Å². The zero-order chi connectivity index (χ0) is 21.6. The van der Waals surface area contributed by atoms with Gasteiger partial charge in [-0.1, -0.05) is 12.5 Å². The number of β-lactam (4-membered cyclic amide) rings is 1. The molecule has 1 aromatic heterocycles. The summed E-state index contributed by atoms with van der Waals surface area (Å²) in [7, 11) is 0. The monoisotopic (exact) mass is 414 g/mol. The van der Waals surface area contributed by atoms with E-state index in [1.165, 1.54) is 11.0 Å². The minimum absolute atomic E-state index is 0.0331. The third-order valence-electron chi connectivity index (χ3n) is 6.41. The van der Waals surface area contributed by atoms with Gasteiger partial charge in [0.25, 0.3) is 0 Å². The van der Waals surface area contributed by atoms with Crippen molar-refractivity contribution in [2.24, 2.45) is 17.8 Å². The molecule has 5 atom stereocenters. The van der Waals surface area contributed by atoms with Crippen molar-refractivity contribution in [1.29, 1.82) is 0 Å². The summed E-state index contributed by atoms with van der Waals surface area (Å²) in [6.45, 7) is 4.12. The Morgan fingerprint density at radius 1 is 1.40 bits per heavy atom. The second-order valence-corrected chi connectivity index (χ2v) is 8.10. The summed E-state index contributed by atoms with van der Waals surface area (Å²) in [4.78, 5) is 38.3. The molecule has 30 heavy (non-hydrogen) atoms. The van der Waals surface area contributed by atoms with Gasteiger partial charge in [-0.2, -0.15) is 5.10 Å². The molecule has 1 aromatic rings. The molecule has 0 spiro atoms. The van der Waals surface area contributed by atoms with Crippen LogP contribution >= 0.6 is 0 Å². The number of aliphatic hydroxyl groups is 1. The van der Waals surface area contributed by atoms with Crippen LogP contribution in [-0.4, -0.2) is 54.8 Å². The van der Waals surface area contributed by atoms with Crippen LogP contribution in [0.1, 0.15) is 33.1 Å². The number of carbonyl (C=O) groups excluding carboxylic acids is 2. The number of amides is 2. The molecule has 2 amide bonds. The molecule has 0 aromatic carbocycles. The SMILES string of the molecule is CCn1nccc1NC(=O)/C=C/[C@H]1CCC[C@H]2C1=C(C(=O)O)N1C(=O)[C@H]([C@@H](C)O)[C@@H]21. The van der Waals surface area contributed by atoms with Gasteiger partial charge in [0.1, 0.15) is 11.5 Å². The lowest BCUT2D eigenvalue weighted by Crippen LogP contribution is -2.64. The first-order valence-electron chi connectivity index (χ1n) is 10.3. The molecule has 160 valence electrons. The molecule has 2 aliphatic heterocycles. The molecule has 0 unspecified atom stereocenters. The highest BCUT2D eigenvalue weighted by Crippen LogP contribution is 2.54. The van der Waals surface area contributed by atoms with Gasteiger partial charge < -0.3 is 20.4 Å². The molecule has 0 bridgehead atoms. The van der Waals surface area contributed by atoms with Gasteiger partial charge in [-0.15, -0.1) is 0 Å². The first kappa shape index (κ1) is 20.3. The van der Waals surface area contributed by atoms with Crippen molar-refractivity contribution in [3.63, 3.8) is 0 Å². The Morgan fingerprint density at radius 3 is 2.83 bits per heavy atom. The molecule has 1 saturated carbocycles. The molecular weight excluding hydrogens is 388 g/mol. The van der Waals surface area contributed by atoms with Crippen LogP contribution in [0.25, 0.3) is 0 Å². The van der Waals surface area contributed by atoms with Crippen molar-refractivity contribution in [2.75, 3.05) is 5.32 Å². The van der Waals surface area contributed by atoms with Crippen LogP contribution in [0.3, 0.4) is 0 Å². The Hall–Kier alpha value is -2.94. The van der Waals surface area contributed by atoms with E-state index in [1.54, 1.807) is 29.9 Å². The maximum absolute atomic E-state index is 12.5. The second kappa shape index (κ2) is 7.71. The number of hydrogen-bond acceptors (Lipinski definition) is 5. The van der Waals surface area contributed by atoms with Gasteiger partial charge in [0.2, 0.25) is 11.8 Å². The summed E-state index contributed by atoms with van der Waals surface area (Å²) in [5.74, 6) is -2.08. The van der Waals surface area contributed by atoms with Crippen molar-refractivity contribution in [3.8, 4) is 0 Å². The van der Waals surface area contributed by atoms with Gasteiger partial charge in [0.15, 0.2) is 0 Å². The van der Waals surface area contributed by atoms with E-state index in [2.05, 4.69) is 10.4 Å². The molecule has 0 radical (unpaired) electrons. The molecule has 1 saturated heterocycles. The number of anilines is 1. The highest BCUT2D eigenvalue weighted by Gasteiger charge is 2.61. The average molecular weight is 414 g/mol. The largest absolute Gasteiger partial charge is 0.477 e. The van der Waals surface area contributed by atoms with E-state index < -0.39 is 18.0 Å². The summed E-state index contributed by atoms with van der Waals surface area (Å²) < 4.78 is 1.66. The van der Waals surface area contributed by atoms with E-state index in [0.717, 1.165) is 12.8 Å². The summed E-state index contributed by atoms with van der Waals surface area (Å²) in [6, 6.07) is 1.41. The lowest BCUT2D eigenvalue weighted by molar-refractivity contribution is -0.163. The normalized spacial score (nSPS) is 28.9. The Bertz CT molecular complexity index is 947. The summed E-state index contributed by atoms with van der Waals surface area (Å²) in [5, 5.41) is 26.7. The lowest BCUT2D eigenvalue weighted by Gasteiger charge is -2.47. The smallest absolute Gasteiger partial charge is 0.352 e. The Kier molecular flexibility index (Phi) is 5.23. The third-order valence-corrected chi connectivity index (χ3v) is 6.41. The number of allylic oxidation sites excluding steroid dienone is 1. The zero-order valence-electron chi connectivity index (χ0n) is 17.0. The Morgan fingerprint density at radius 2 is 2.17 bits per heavy atom. The maximum atomic E-state index is 12.5. The number of fused-ring (bicyclic) bond motifs is 3. The highest BCUT2D eigenvalue weighted by atomic mass is 16.4. The molecule has 3 aliphatic rings. The number of nitrogens with one attached hydrogen (secondary N) is 1. The standard InChI is InChI=1S/C21H26N4O5/c1-3-24-14(9-10-22-24)23-15(27)8-7-12-5-4-6-13-17(12)19(21(29)30)25-18(13)16(11(2)26)20(25)28/h7-13,16,18,26H,3-6H2,1-2H3,(H,23,27)(H,29,30)/b8-7+/t11-,12-,13+,16-,18-/m1/s1. The lowest BCUT2D eigenvalue weighted by atomic mass is 9.69. The number of aliphatic hydroxyl groups excluding tert-OH is 1. The van der Waals surface area contributed by atoms with Gasteiger partial charge >= 0.3 is 5.97 Å². The molecule has 4 rings (SSSR count). The van der Waals surface area contributed by atoms with Gasteiger partial charge in [-0.05, 0) is 38.3 Å². The van der Waals surface area contributed by atoms with E-state index in [1.807, 2.05) is 6.92 Å². The number of carboxylic acids is 1.